The maximum absolute atomic E-state index is 12.2. The van der Waals surface area contributed by atoms with Crippen molar-refractivity contribution in [2.75, 3.05) is 13.1 Å². The predicted octanol–water partition coefficient (Wildman–Crippen LogP) is 0.439. The van der Waals surface area contributed by atoms with Crippen molar-refractivity contribution in [2.24, 2.45) is 0 Å². The first kappa shape index (κ1) is 21.9. The summed E-state index contributed by atoms with van der Waals surface area (Å²) in [5, 5.41) is 15.7. The number of amides is 3. The van der Waals surface area contributed by atoms with Crippen LogP contribution in [0.15, 0.2) is 30.3 Å². The van der Waals surface area contributed by atoms with Gasteiger partial charge in [-0.2, -0.15) is 0 Å². The number of ether oxygens (including phenoxy) is 1. The largest absolute Gasteiger partial charge is 0.480 e. The molecule has 148 valence electrons. The summed E-state index contributed by atoms with van der Waals surface area (Å²) in [6.07, 6.45) is -0.586. The lowest BCUT2D eigenvalue weighted by Crippen LogP contribution is -2.51. The SMILES string of the molecule is CC(C)(C)OC(=O)NCC(=O)NC(Cc1ccccc1)C(=O)NCC(=O)O. The van der Waals surface area contributed by atoms with Gasteiger partial charge in [0, 0.05) is 6.42 Å². The van der Waals surface area contributed by atoms with E-state index < -0.39 is 42.1 Å². The highest BCUT2D eigenvalue weighted by molar-refractivity contribution is 5.91. The molecule has 0 aromatic heterocycles. The molecule has 0 radical (unpaired) electrons. The van der Waals surface area contributed by atoms with E-state index in [0.29, 0.717) is 0 Å². The number of carbonyl (C=O) groups is 4. The van der Waals surface area contributed by atoms with Gasteiger partial charge in [0.15, 0.2) is 0 Å². The van der Waals surface area contributed by atoms with Crippen molar-refractivity contribution in [3.8, 4) is 0 Å². The minimum absolute atomic E-state index is 0.171. The van der Waals surface area contributed by atoms with Crippen LogP contribution in [0.3, 0.4) is 0 Å². The van der Waals surface area contributed by atoms with Gasteiger partial charge in [-0.05, 0) is 26.3 Å². The first-order valence-electron chi connectivity index (χ1n) is 8.36. The number of nitrogens with one attached hydrogen (secondary N) is 3. The van der Waals surface area contributed by atoms with E-state index >= 15 is 0 Å². The zero-order valence-electron chi connectivity index (χ0n) is 15.6. The lowest BCUT2D eigenvalue weighted by Gasteiger charge is -2.21. The number of hydrogen-bond acceptors (Lipinski definition) is 5. The van der Waals surface area contributed by atoms with E-state index in [4.69, 9.17) is 9.84 Å². The molecule has 0 aliphatic rings. The van der Waals surface area contributed by atoms with E-state index in [-0.39, 0.29) is 13.0 Å². The van der Waals surface area contributed by atoms with Crippen LogP contribution in [-0.2, 0) is 25.5 Å². The summed E-state index contributed by atoms with van der Waals surface area (Å²) in [4.78, 5) is 46.5. The lowest BCUT2D eigenvalue weighted by atomic mass is 10.1. The molecule has 0 heterocycles. The van der Waals surface area contributed by atoms with Crippen LogP contribution >= 0.6 is 0 Å². The fourth-order valence-corrected chi connectivity index (χ4v) is 2.06. The Morgan fingerprint density at radius 1 is 1.04 bits per heavy atom. The number of carboxylic acid groups (broad SMARTS) is 1. The monoisotopic (exact) mass is 379 g/mol. The fraction of sp³-hybridized carbons (Fsp3) is 0.444. The van der Waals surface area contributed by atoms with Gasteiger partial charge in [0.05, 0.1) is 0 Å². The Bertz CT molecular complexity index is 669. The molecular formula is C18H25N3O6. The van der Waals surface area contributed by atoms with E-state index in [2.05, 4.69) is 16.0 Å². The second-order valence-corrected chi connectivity index (χ2v) is 6.78. The number of benzene rings is 1. The van der Waals surface area contributed by atoms with Crippen LogP contribution in [0.1, 0.15) is 26.3 Å². The average molecular weight is 379 g/mol. The van der Waals surface area contributed by atoms with Crippen molar-refractivity contribution in [3.63, 3.8) is 0 Å². The molecule has 9 heteroatoms. The molecule has 27 heavy (non-hydrogen) atoms. The molecule has 3 amide bonds. The third-order valence-corrected chi connectivity index (χ3v) is 3.14. The molecule has 0 aliphatic heterocycles. The van der Waals surface area contributed by atoms with E-state index in [1.54, 1.807) is 45.0 Å². The molecule has 0 saturated carbocycles. The second kappa shape index (κ2) is 10.1. The molecule has 1 unspecified atom stereocenters. The minimum Gasteiger partial charge on any atom is -0.480 e. The first-order chi connectivity index (χ1) is 12.6. The van der Waals surface area contributed by atoms with Gasteiger partial charge in [0.2, 0.25) is 11.8 Å². The molecule has 1 aromatic carbocycles. The van der Waals surface area contributed by atoms with Gasteiger partial charge in [-0.1, -0.05) is 30.3 Å². The van der Waals surface area contributed by atoms with Crippen LogP contribution in [-0.4, -0.2) is 53.7 Å². The van der Waals surface area contributed by atoms with E-state index in [1.165, 1.54) is 0 Å². The number of hydrogen-bond donors (Lipinski definition) is 4. The van der Waals surface area contributed by atoms with Gasteiger partial charge in [-0.25, -0.2) is 4.79 Å². The van der Waals surface area contributed by atoms with E-state index in [1.807, 2.05) is 6.07 Å². The van der Waals surface area contributed by atoms with Crippen LogP contribution in [0.2, 0.25) is 0 Å². The van der Waals surface area contributed by atoms with Crippen LogP contribution in [0.4, 0.5) is 4.79 Å². The summed E-state index contributed by atoms with van der Waals surface area (Å²) in [6.45, 7) is 4.13. The fourth-order valence-electron chi connectivity index (χ4n) is 2.06. The Labute approximate surface area is 157 Å². The van der Waals surface area contributed by atoms with Crippen LogP contribution in [0.25, 0.3) is 0 Å². The Morgan fingerprint density at radius 2 is 1.67 bits per heavy atom. The highest BCUT2D eigenvalue weighted by atomic mass is 16.6. The summed E-state index contributed by atoms with van der Waals surface area (Å²) < 4.78 is 5.03. The van der Waals surface area contributed by atoms with Gasteiger partial charge in [0.1, 0.15) is 24.7 Å². The zero-order valence-corrected chi connectivity index (χ0v) is 15.6. The third kappa shape index (κ3) is 9.83. The van der Waals surface area contributed by atoms with Crippen molar-refractivity contribution in [1.29, 1.82) is 0 Å². The number of aliphatic carboxylic acids is 1. The highest BCUT2D eigenvalue weighted by Gasteiger charge is 2.22. The number of carbonyl (C=O) groups excluding carboxylic acids is 3. The maximum Gasteiger partial charge on any atom is 0.408 e. The summed E-state index contributed by atoms with van der Waals surface area (Å²) >= 11 is 0. The second-order valence-electron chi connectivity index (χ2n) is 6.78. The Kier molecular flexibility index (Phi) is 8.25. The Balaban J connectivity index is 2.66. The number of alkyl carbamates (subject to hydrolysis) is 1. The maximum atomic E-state index is 12.2. The topological polar surface area (TPSA) is 134 Å². The normalized spacial score (nSPS) is 11.8. The van der Waals surface area contributed by atoms with Gasteiger partial charge >= 0.3 is 12.1 Å². The zero-order chi connectivity index (χ0) is 20.4. The molecule has 0 aliphatic carbocycles. The molecule has 4 N–H and O–H groups in total. The van der Waals surface area contributed by atoms with Crippen LogP contribution in [0, 0.1) is 0 Å². The Hall–Kier alpha value is -3.10. The molecule has 0 bridgehead atoms. The van der Waals surface area contributed by atoms with Gasteiger partial charge in [-0.3, -0.25) is 14.4 Å². The van der Waals surface area contributed by atoms with Gasteiger partial charge < -0.3 is 25.8 Å². The molecule has 1 atom stereocenters. The standard InChI is InChI=1S/C18H25N3O6/c1-18(2,3)27-17(26)20-10-14(22)21-13(16(25)19-11-15(23)24)9-12-7-5-4-6-8-12/h4-8,13H,9-11H2,1-3H3,(H,19,25)(H,20,26)(H,21,22)(H,23,24). The number of carboxylic acids is 1. The van der Waals surface area contributed by atoms with Crippen molar-refractivity contribution in [3.05, 3.63) is 35.9 Å². The predicted molar refractivity (Wildman–Crippen MR) is 97.0 cm³/mol. The minimum atomic E-state index is -1.19. The third-order valence-electron chi connectivity index (χ3n) is 3.14. The van der Waals surface area contributed by atoms with Crippen molar-refractivity contribution < 1.29 is 29.0 Å². The Morgan fingerprint density at radius 3 is 2.22 bits per heavy atom. The molecule has 9 nitrogen and oxygen atoms in total. The molecular weight excluding hydrogens is 354 g/mol. The quantitative estimate of drug-likeness (QED) is 0.518. The van der Waals surface area contributed by atoms with Crippen LogP contribution in [0.5, 0.6) is 0 Å². The highest BCUT2D eigenvalue weighted by Crippen LogP contribution is 2.06. The molecule has 1 rings (SSSR count). The molecule has 1 aromatic rings. The van der Waals surface area contributed by atoms with Crippen molar-refractivity contribution >= 4 is 23.9 Å². The van der Waals surface area contributed by atoms with Gasteiger partial charge in [-0.15, -0.1) is 0 Å². The van der Waals surface area contributed by atoms with Crippen molar-refractivity contribution in [2.45, 2.75) is 38.8 Å². The average Bonchev–Trinajstić information content (AvgIpc) is 2.56. The summed E-state index contributed by atoms with van der Waals surface area (Å²) in [6, 6.07) is 7.96. The van der Waals surface area contributed by atoms with E-state index in [0.717, 1.165) is 5.56 Å². The smallest absolute Gasteiger partial charge is 0.408 e. The van der Waals surface area contributed by atoms with E-state index in [9.17, 15) is 19.2 Å². The molecule has 0 spiro atoms. The lowest BCUT2D eigenvalue weighted by molar-refractivity contribution is -0.138. The summed E-state index contributed by atoms with van der Waals surface area (Å²) in [5.74, 6) is -2.43. The summed E-state index contributed by atoms with van der Waals surface area (Å²) in [5.41, 5.74) is 0.0843. The van der Waals surface area contributed by atoms with Crippen LogP contribution < -0.4 is 16.0 Å². The molecule has 0 saturated heterocycles. The molecule has 0 fully saturated rings. The number of rotatable bonds is 8. The first-order valence-corrected chi connectivity index (χ1v) is 8.36. The van der Waals surface area contributed by atoms with Crippen molar-refractivity contribution in [1.82, 2.24) is 16.0 Å². The van der Waals surface area contributed by atoms with Gasteiger partial charge in [0.25, 0.3) is 0 Å². The summed E-state index contributed by atoms with van der Waals surface area (Å²) in [7, 11) is 0.